The molecule has 0 heterocycles. The molecule has 1 saturated carbocycles. The van der Waals surface area contributed by atoms with E-state index in [9.17, 15) is 4.79 Å². The Morgan fingerprint density at radius 3 is 2.00 bits per heavy atom. The number of carbonyl (C=O) groups excluding carboxylic acids is 1. The summed E-state index contributed by atoms with van der Waals surface area (Å²) in [7, 11) is 0. The minimum absolute atomic E-state index is 0. The molecule has 1 atom stereocenters. The molecule has 2 heteroatoms. The first-order valence-electron chi connectivity index (χ1n) is 2.89. The summed E-state index contributed by atoms with van der Waals surface area (Å²) < 4.78 is 0. The third-order valence-electron chi connectivity index (χ3n) is 1.59. The van der Waals surface area contributed by atoms with Crippen LogP contribution in [0.3, 0.4) is 0 Å². The summed E-state index contributed by atoms with van der Waals surface area (Å²) in [5.74, 6) is 0.417. The van der Waals surface area contributed by atoms with Gasteiger partial charge in [-0.05, 0) is 12.8 Å². The van der Waals surface area contributed by atoms with Crippen molar-refractivity contribution in [1.29, 1.82) is 0 Å². The van der Waals surface area contributed by atoms with Gasteiger partial charge in [0.05, 0.1) is 0 Å². The predicted octanol–water partition coefficient (Wildman–Crippen LogP) is 1.43. The quantitative estimate of drug-likeness (QED) is 0.389. The van der Waals surface area contributed by atoms with Gasteiger partial charge in [-0.25, -0.2) is 0 Å². The van der Waals surface area contributed by atoms with Crippen LogP contribution in [0.1, 0.15) is 25.7 Å². The van der Waals surface area contributed by atoms with E-state index in [-0.39, 0.29) is 9.90 Å². The van der Waals surface area contributed by atoms with Crippen LogP contribution < -0.4 is 0 Å². The van der Waals surface area contributed by atoms with Gasteiger partial charge in [0.15, 0.2) is 0 Å². The number of rotatable bonds is 1. The normalized spacial score (nSPS) is 20.0. The molecule has 0 N–H and O–H groups in total. The lowest BCUT2D eigenvalue weighted by atomic mass is 10.1. The molecule has 1 unspecified atom stereocenters. The highest BCUT2D eigenvalue weighted by Gasteiger charge is 2.12. The first-order chi connectivity index (χ1) is 3.43. The van der Waals surface area contributed by atoms with Crippen LogP contribution in [-0.4, -0.2) is 6.29 Å². The third-order valence-corrected chi connectivity index (χ3v) is 1.59. The first kappa shape index (κ1) is 8.10. The number of carbonyl (C=O) groups is 1. The van der Waals surface area contributed by atoms with Crippen LogP contribution >= 0.6 is 9.90 Å². The molecule has 0 bridgehead atoms. The van der Waals surface area contributed by atoms with Crippen molar-refractivity contribution in [3.8, 4) is 0 Å². The fourth-order valence-corrected chi connectivity index (χ4v) is 1.09. The Bertz CT molecular complexity index is 66.9. The minimum atomic E-state index is 0. The van der Waals surface area contributed by atoms with Gasteiger partial charge in [0.2, 0.25) is 0 Å². The van der Waals surface area contributed by atoms with Crippen LogP contribution in [-0.2, 0) is 4.79 Å². The van der Waals surface area contributed by atoms with E-state index in [0.717, 1.165) is 19.1 Å². The lowest BCUT2D eigenvalue weighted by molar-refractivity contribution is -0.110. The number of aldehydes is 1. The van der Waals surface area contributed by atoms with E-state index < -0.39 is 0 Å². The Morgan fingerprint density at radius 1 is 1.25 bits per heavy atom. The molecule has 8 heavy (non-hydrogen) atoms. The van der Waals surface area contributed by atoms with Crippen LogP contribution in [0.15, 0.2) is 0 Å². The zero-order valence-electron chi connectivity index (χ0n) is 5.10. The van der Waals surface area contributed by atoms with Gasteiger partial charge in [-0.2, -0.15) is 9.90 Å². The van der Waals surface area contributed by atoms with Crippen molar-refractivity contribution in [3.63, 3.8) is 0 Å². The highest BCUT2D eigenvalue weighted by Crippen LogP contribution is 2.21. The van der Waals surface area contributed by atoms with Gasteiger partial charge < -0.3 is 4.79 Å². The second kappa shape index (κ2) is 4.03. The van der Waals surface area contributed by atoms with Crippen LogP contribution in [0.5, 0.6) is 0 Å². The molecule has 0 aliphatic heterocycles. The molecule has 0 radical (unpaired) electrons. The second-order valence-corrected chi connectivity index (χ2v) is 2.18. The van der Waals surface area contributed by atoms with Gasteiger partial charge in [0.25, 0.3) is 0 Å². The van der Waals surface area contributed by atoms with Crippen LogP contribution in [0.2, 0.25) is 0 Å². The van der Waals surface area contributed by atoms with Crippen molar-refractivity contribution in [2.75, 3.05) is 0 Å². The van der Waals surface area contributed by atoms with E-state index in [4.69, 9.17) is 0 Å². The highest BCUT2D eigenvalue weighted by molar-refractivity contribution is 6.92. The third kappa shape index (κ3) is 1.92. The molecule has 0 aromatic heterocycles. The van der Waals surface area contributed by atoms with Crippen LogP contribution in [0.25, 0.3) is 0 Å². The minimum Gasteiger partial charge on any atom is -0.303 e. The average molecular weight is 132 g/mol. The molecule has 0 saturated heterocycles. The Morgan fingerprint density at radius 2 is 1.75 bits per heavy atom. The Balaban J connectivity index is 0.000000490. The summed E-state index contributed by atoms with van der Waals surface area (Å²) in [5.41, 5.74) is 0. The van der Waals surface area contributed by atoms with Gasteiger partial charge >= 0.3 is 0 Å². The maximum Gasteiger partial charge on any atom is 0.123 e. The smallest absolute Gasteiger partial charge is 0.123 e. The monoisotopic (exact) mass is 132 g/mol. The van der Waals surface area contributed by atoms with Gasteiger partial charge in [0.1, 0.15) is 6.29 Å². The molecule has 0 aromatic rings. The molecule has 1 rings (SSSR count). The zero-order valence-corrected chi connectivity index (χ0v) is 6.51. The number of hydrogen-bond donors (Lipinski definition) is 0. The first-order valence-corrected chi connectivity index (χ1v) is 2.89. The van der Waals surface area contributed by atoms with Crippen molar-refractivity contribution >= 4 is 16.2 Å². The van der Waals surface area contributed by atoms with E-state index in [1.807, 2.05) is 0 Å². The average Bonchev–Trinajstić information content (AvgIpc) is 2.14. The van der Waals surface area contributed by atoms with Crippen molar-refractivity contribution < 1.29 is 4.79 Å². The van der Waals surface area contributed by atoms with E-state index in [1.165, 1.54) is 12.8 Å². The van der Waals surface area contributed by atoms with Gasteiger partial charge in [-0.15, -0.1) is 0 Å². The van der Waals surface area contributed by atoms with Crippen molar-refractivity contribution in [1.82, 2.24) is 0 Å². The van der Waals surface area contributed by atoms with E-state index in [1.54, 1.807) is 0 Å². The molecule has 0 amide bonds. The zero-order chi connectivity index (χ0) is 5.11. The number of hydrogen-bond acceptors (Lipinski definition) is 1. The summed E-state index contributed by atoms with van der Waals surface area (Å²) in [6, 6.07) is 0. The summed E-state index contributed by atoms with van der Waals surface area (Å²) in [4.78, 5) is 10.0. The summed E-state index contributed by atoms with van der Waals surface area (Å²) in [5, 5.41) is 0. The molecule has 0 spiro atoms. The summed E-state index contributed by atoms with van der Waals surface area (Å²) >= 11 is 0. The summed E-state index contributed by atoms with van der Waals surface area (Å²) in [6.07, 6.45) is 5.91. The molecule has 1 fully saturated rings. The van der Waals surface area contributed by atoms with Crippen LogP contribution in [0, 0.1) is 5.92 Å². The highest BCUT2D eigenvalue weighted by atomic mass is 31.0. The maximum absolute atomic E-state index is 10.0. The van der Waals surface area contributed by atoms with E-state index >= 15 is 0 Å². The van der Waals surface area contributed by atoms with Gasteiger partial charge in [-0.3, -0.25) is 0 Å². The Hall–Kier alpha value is 0.100. The topological polar surface area (TPSA) is 17.1 Å². The van der Waals surface area contributed by atoms with E-state index in [0.29, 0.717) is 5.92 Å². The second-order valence-electron chi connectivity index (χ2n) is 2.18. The van der Waals surface area contributed by atoms with Crippen molar-refractivity contribution in [2.45, 2.75) is 25.7 Å². The van der Waals surface area contributed by atoms with Crippen LogP contribution in [0.4, 0.5) is 0 Å². The lowest BCUT2D eigenvalue weighted by Crippen LogP contribution is -1.91. The molecule has 1 aliphatic carbocycles. The Kier molecular flexibility index (Phi) is 4.08. The molecular formula is C6H13OP. The summed E-state index contributed by atoms with van der Waals surface area (Å²) in [6.45, 7) is 0. The SMILES string of the molecule is O=CC1CCCC1.P. The molecule has 1 aliphatic rings. The molecule has 1 nitrogen and oxygen atoms in total. The predicted molar refractivity (Wildman–Crippen MR) is 39.1 cm³/mol. The molecular weight excluding hydrogens is 119 g/mol. The van der Waals surface area contributed by atoms with Gasteiger partial charge in [0, 0.05) is 5.92 Å². The Labute approximate surface area is 53.5 Å². The van der Waals surface area contributed by atoms with Crippen molar-refractivity contribution in [2.24, 2.45) is 5.92 Å². The molecule has 48 valence electrons. The van der Waals surface area contributed by atoms with Gasteiger partial charge in [-0.1, -0.05) is 12.8 Å². The standard InChI is InChI=1S/C6H10O.H3P/c7-5-6-3-1-2-4-6;/h5-6H,1-4H2;1H3. The fraction of sp³-hybridized carbons (Fsp3) is 0.833. The van der Waals surface area contributed by atoms with E-state index in [2.05, 4.69) is 0 Å². The largest absolute Gasteiger partial charge is 0.303 e. The lowest BCUT2D eigenvalue weighted by Gasteiger charge is -1.90. The molecule has 0 aromatic carbocycles. The fourth-order valence-electron chi connectivity index (χ4n) is 1.09. The maximum atomic E-state index is 10.0. The van der Waals surface area contributed by atoms with Crippen molar-refractivity contribution in [3.05, 3.63) is 0 Å².